The number of aliphatic hydroxyl groups is 1. The third kappa shape index (κ3) is 2.70. The first-order chi connectivity index (χ1) is 10.7. The van der Waals surface area contributed by atoms with E-state index in [2.05, 4.69) is 5.32 Å². The highest BCUT2D eigenvalue weighted by molar-refractivity contribution is 6.07. The lowest BCUT2D eigenvalue weighted by atomic mass is 9.98. The molecule has 6 nitrogen and oxygen atoms in total. The molecule has 3 rings (SSSR count). The van der Waals surface area contributed by atoms with Crippen LogP contribution >= 0.6 is 0 Å². The fraction of sp³-hybridized carbons (Fsp3) is 0.412. The van der Waals surface area contributed by atoms with Crippen molar-refractivity contribution in [3.8, 4) is 0 Å². The standard InChI is InChI=1S/C17H20N2O4/c1-16(2,22)8-9-19-14(20)17(3,18-15(19)21)13-10-11-6-4-5-7-12(11)23-13/h4-7,10,22H,8-9H2,1-3H3,(H,18,21). The van der Waals surface area contributed by atoms with Crippen LogP contribution in [0.1, 0.15) is 33.0 Å². The normalized spacial score (nSPS) is 22.0. The van der Waals surface area contributed by atoms with Gasteiger partial charge in [0.2, 0.25) is 0 Å². The Labute approximate surface area is 134 Å². The minimum Gasteiger partial charge on any atom is -0.458 e. The van der Waals surface area contributed by atoms with Gasteiger partial charge in [-0.3, -0.25) is 9.69 Å². The summed E-state index contributed by atoms with van der Waals surface area (Å²) < 4.78 is 5.76. The van der Waals surface area contributed by atoms with E-state index in [-0.39, 0.29) is 12.5 Å². The second kappa shape index (κ2) is 5.09. The molecule has 0 spiro atoms. The van der Waals surface area contributed by atoms with E-state index < -0.39 is 17.2 Å². The average molecular weight is 316 g/mol. The molecule has 2 N–H and O–H groups in total. The van der Waals surface area contributed by atoms with Crippen LogP contribution in [0.5, 0.6) is 0 Å². The van der Waals surface area contributed by atoms with Crippen LogP contribution in [0.15, 0.2) is 34.7 Å². The van der Waals surface area contributed by atoms with Crippen molar-refractivity contribution >= 4 is 22.9 Å². The van der Waals surface area contributed by atoms with Crippen molar-refractivity contribution in [3.63, 3.8) is 0 Å². The molecule has 0 aliphatic carbocycles. The molecule has 1 unspecified atom stereocenters. The van der Waals surface area contributed by atoms with E-state index in [4.69, 9.17) is 4.42 Å². The summed E-state index contributed by atoms with van der Waals surface area (Å²) in [5.74, 6) is 0.0358. The Morgan fingerprint density at radius 2 is 2.00 bits per heavy atom. The average Bonchev–Trinajstić information content (AvgIpc) is 2.98. The summed E-state index contributed by atoms with van der Waals surface area (Å²) >= 11 is 0. The smallest absolute Gasteiger partial charge is 0.325 e. The second-order valence-electron chi connectivity index (χ2n) is 6.72. The van der Waals surface area contributed by atoms with E-state index >= 15 is 0 Å². The molecule has 1 aliphatic rings. The van der Waals surface area contributed by atoms with E-state index in [1.165, 1.54) is 0 Å². The van der Waals surface area contributed by atoms with Crippen LogP contribution < -0.4 is 5.32 Å². The summed E-state index contributed by atoms with van der Waals surface area (Å²) in [6.07, 6.45) is 0.308. The van der Waals surface area contributed by atoms with Gasteiger partial charge in [0, 0.05) is 11.9 Å². The van der Waals surface area contributed by atoms with Gasteiger partial charge < -0.3 is 14.8 Å². The molecule has 0 radical (unpaired) electrons. The number of rotatable bonds is 4. The molecule has 1 fully saturated rings. The van der Waals surface area contributed by atoms with E-state index in [0.717, 1.165) is 10.3 Å². The number of hydrogen-bond donors (Lipinski definition) is 2. The molecule has 1 aromatic carbocycles. The van der Waals surface area contributed by atoms with Gasteiger partial charge in [-0.25, -0.2) is 4.79 Å². The van der Waals surface area contributed by atoms with Gasteiger partial charge in [-0.05, 0) is 39.3 Å². The van der Waals surface area contributed by atoms with Gasteiger partial charge in [0.25, 0.3) is 5.91 Å². The molecule has 2 heterocycles. The predicted molar refractivity (Wildman–Crippen MR) is 84.7 cm³/mol. The van der Waals surface area contributed by atoms with E-state index in [9.17, 15) is 14.7 Å². The number of hydrogen-bond acceptors (Lipinski definition) is 4. The first-order valence-corrected chi connectivity index (χ1v) is 7.56. The second-order valence-corrected chi connectivity index (χ2v) is 6.72. The minimum absolute atomic E-state index is 0.157. The van der Waals surface area contributed by atoms with Crippen molar-refractivity contribution in [2.45, 2.75) is 38.3 Å². The molecular weight excluding hydrogens is 296 g/mol. The zero-order valence-electron chi connectivity index (χ0n) is 13.4. The number of benzene rings is 1. The van der Waals surface area contributed by atoms with E-state index in [1.54, 1.807) is 26.8 Å². The highest BCUT2D eigenvalue weighted by Gasteiger charge is 2.51. The van der Waals surface area contributed by atoms with E-state index in [1.807, 2.05) is 24.3 Å². The quantitative estimate of drug-likeness (QED) is 0.848. The van der Waals surface area contributed by atoms with Crippen LogP contribution in [-0.2, 0) is 10.3 Å². The summed E-state index contributed by atoms with van der Waals surface area (Å²) in [5, 5.41) is 13.4. The highest BCUT2D eigenvalue weighted by atomic mass is 16.3. The van der Waals surface area contributed by atoms with Crippen LogP contribution in [0.4, 0.5) is 4.79 Å². The molecule has 2 aromatic rings. The molecular formula is C17H20N2O4. The SMILES string of the molecule is CC(C)(O)CCN1C(=O)NC(C)(c2cc3ccccc3o2)C1=O. The predicted octanol–water partition coefficient (Wildman–Crippen LogP) is 2.36. The number of amides is 3. The third-order valence-corrected chi connectivity index (χ3v) is 4.14. The number of carbonyl (C=O) groups excluding carboxylic acids is 2. The monoisotopic (exact) mass is 316 g/mol. The first-order valence-electron chi connectivity index (χ1n) is 7.56. The van der Waals surface area contributed by atoms with Crippen molar-refractivity contribution in [1.82, 2.24) is 10.2 Å². The molecule has 0 bridgehead atoms. The van der Waals surface area contributed by atoms with Gasteiger partial charge >= 0.3 is 6.03 Å². The number of nitrogens with zero attached hydrogens (tertiary/aromatic N) is 1. The molecule has 122 valence electrons. The lowest BCUT2D eigenvalue weighted by Gasteiger charge is -2.22. The molecule has 6 heteroatoms. The van der Waals surface area contributed by atoms with Crippen molar-refractivity contribution in [2.24, 2.45) is 0 Å². The van der Waals surface area contributed by atoms with Crippen LogP contribution in [0.2, 0.25) is 0 Å². The number of nitrogens with one attached hydrogen (secondary N) is 1. The van der Waals surface area contributed by atoms with Crippen LogP contribution in [0.3, 0.4) is 0 Å². The summed E-state index contributed by atoms with van der Waals surface area (Å²) in [5.41, 5.74) is -1.50. The lowest BCUT2D eigenvalue weighted by molar-refractivity contribution is -0.131. The molecule has 1 aromatic heterocycles. The van der Waals surface area contributed by atoms with Crippen molar-refractivity contribution < 1.29 is 19.1 Å². The maximum atomic E-state index is 12.7. The number of furan rings is 1. The molecule has 1 saturated heterocycles. The molecule has 0 saturated carbocycles. The first kappa shape index (κ1) is 15.6. The van der Waals surface area contributed by atoms with E-state index in [0.29, 0.717) is 17.8 Å². The van der Waals surface area contributed by atoms with Gasteiger partial charge in [-0.15, -0.1) is 0 Å². The van der Waals surface area contributed by atoms with Gasteiger partial charge in [0.15, 0.2) is 5.54 Å². The lowest BCUT2D eigenvalue weighted by Crippen LogP contribution is -2.41. The molecule has 23 heavy (non-hydrogen) atoms. The minimum atomic E-state index is -1.23. The third-order valence-electron chi connectivity index (χ3n) is 4.14. The Bertz CT molecular complexity index is 741. The van der Waals surface area contributed by atoms with Crippen LogP contribution in [-0.4, -0.2) is 34.1 Å². The van der Waals surface area contributed by atoms with Gasteiger partial charge in [-0.1, -0.05) is 18.2 Å². The molecule has 1 aliphatic heterocycles. The zero-order chi connectivity index (χ0) is 16.8. The fourth-order valence-corrected chi connectivity index (χ4v) is 2.68. The van der Waals surface area contributed by atoms with Gasteiger partial charge in [0.1, 0.15) is 11.3 Å². The maximum Gasteiger partial charge on any atom is 0.325 e. The van der Waals surface area contributed by atoms with Gasteiger partial charge in [-0.2, -0.15) is 0 Å². The molecule has 3 amide bonds. The van der Waals surface area contributed by atoms with Crippen LogP contribution in [0, 0.1) is 0 Å². The largest absolute Gasteiger partial charge is 0.458 e. The summed E-state index contributed by atoms with van der Waals surface area (Å²) in [4.78, 5) is 26.0. The van der Waals surface area contributed by atoms with Crippen molar-refractivity contribution in [1.29, 1.82) is 0 Å². The number of fused-ring (bicyclic) bond motifs is 1. The summed E-state index contributed by atoms with van der Waals surface area (Å²) in [6, 6.07) is 8.74. The number of carbonyl (C=O) groups is 2. The summed E-state index contributed by atoms with van der Waals surface area (Å²) in [7, 11) is 0. The zero-order valence-corrected chi connectivity index (χ0v) is 13.4. The van der Waals surface area contributed by atoms with Crippen molar-refractivity contribution in [3.05, 3.63) is 36.1 Å². The number of para-hydroxylation sites is 1. The fourth-order valence-electron chi connectivity index (χ4n) is 2.68. The maximum absolute atomic E-state index is 12.7. The molecule has 1 atom stereocenters. The number of imide groups is 1. The van der Waals surface area contributed by atoms with Crippen molar-refractivity contribution in [2.75, 3.05) is 6.54 Å². The Kier molecular flexibility index (Phi) is 3.44. The summed E-state index contributed by atoms with van der Waals surface area (Å²) in [6.45, 7) is 5.08. The highest BCUT2D eigenvalue weighted by Crippen LogP contribution is 2.33. The Morgan fingerprint density at radius 3 is 2.65 bits per heavy atom. The Morgan fingerprint density at radius 1 is 1.30 bits per heavy atom. The Hall–Kier alpha value is -2.34. The van der Waals surface area contributed by atoms with Gasteiger partial charge in [0.05, 0.1) is 5.60 Å². The topological polar surface area (TPSA) is 82.8 Å². The van der Waals surface area contributed by atoms with Crippen LogP contribution in [0.25, 0.3) is 11.0 Å². The Balaban J connectivity index is 1.90. The number of urea groups is 1.